The SMILES string of the molecule is O=C(NCCN1CCCC1)[C@@H]1OCCN(C2CCCC2)[C@H]1c1ccccc1. The number of carbonyl (C=O) groups is 1. The van der Waals surface area contributed by atoms with Gasteiger partial charge in [-0.25, -0.2) is 0 Å². The maximum Gasteiger partial charge on any atom is 0.251 e. The Kier molecular flexibility index (Phi) is 6.43. The van der Waals surface area contributed by atoms with E-state index in [1.807, 2.05) is 6.07 Å². The van der Waals surface area contributed by atoms with Gasteiger partial charge < -0.3 is 15.0 Å². The molecule has 5 nitrogen and oxygen atoms in total. The van der Waals surface area contributed by atoms with Crippen molar-refractivity contribution in [1.82, 2.24) is 15.1 Å². The number of morpholine rings is 1. The van der Waals surface area contributed by atoms with Gasteiger partial charge in [-0.15, -0.1) is 0 Å². The monoisotopic (exact) mass is 371 g/mol. The first kappa shape index (κ1) is 18.9. The molecule has 2 atom stereocenters. The minimum Gasteiger partial charge on any atom is -0.365 e. The van der Waals surface area contributed by atoms with Gasteiger partial charge in [0.2, 0.25) is 0 Å². The zero-order valence-electron chi connectivity index (χ0n) is 16.3. The van der Waals surface area contributed by atoms with Gasteiger partial charge in [0.25, 0.3) is 5.91 Å². The van der Waals surface area contributed by atoms with Gasteiger partial charge in [0.15, 0.2) is 6.10 Å². The lowest BCUT2D eigenvalue weighted by Gasteiger charge is -2.44. The third-order valence-electron chi connectivity index (χ3n) is 6.41. The third kappa shape index (κ3) is 4.53. The minimum atomic E-state index is -0.416. The summed E-state index contributed by atoms with van der Waals surface area (Å²) in [4.78, 5) is 18.0. The van der Waals surface area contributed by atoms with Gasteiger partial charge in [-0.2, -0.15) is 0 Å². The van der Waals surface area contributed by atoms with Crippen LogP contribution >= 0.6 is 0 Å². The molecule has 27 heavy (non-hydrogen) atoms. The number of amides is 1. The van der Waals surface area contributed by atoms with Crippen LogP contribution in [0.2, 0.25) is 0 Å². The van der Waals surface area contributed by atoms with Crippen molar-refractivity contribution in [2.24, 2.45) is 0 Å². The molecule has 4 rings (SSSR count). The Bertz CT molecular complexity index is 597. The number of rotatable bonds is 6. The van der Waals surface area contributed by atoms with Crippen LogP contribution in [0.1, 0.15) is 50.1 Å². The summed E-state index contributed by atoms with van der Waals surface area (Å²) < 4.78 is 6.05. The van der Waals surface area contributed by atoms with E-state index in [1.54, 1.807) is 0 Å². The van der Waals surface area contributed by atoms with Crippen molar-refractivity contribution in [3.05, 3.63) is 35.9 Å². The summed E-state index contributed by atoms with van der Waals surface area (Å²) in [6.45, 7) is 5.55. The van der Waals surface area contributed by atoms with E-state index >= 15 is 0 Å². The van der Waals surface area contributed by atoms with Crippen LogP contribution in [0.15, 0.2) is 30.3 Å². The lowest BCUT2D eigenvalue weighted by atomic mass is 9.95. The van der Waals surface area contributed by atoms with Crippen LogP contribution < -0.4 is 5.32 Å². The highest BCUT2D eigenvalue weighted by Gasteiger charge is 2.41. The number of ether oxygens (including phenoxy) is 1. The van der Waals surface area contributed by atoms with Crippen LogP contribution in [0.3, 0.4) is 0 Å². The van der Waals surface area contributed by atoms with Gasteiger partial charge in [0.05, 0.1) is 12.6 Å². The maximum atomic E-state index is 13.0. The molecule has 0 spiro atoms. The zero-order chi connectivity index (χ0) is 18.5. The average molecular weight is 372 g/mol. The lowest BCUT2D eigenvalue weighted by molar-refractivity contribution is -0.148. The normalized spacial score (nSPS) is 27.9. The molecule has 0 bridgehead atoms. The molecule has 0 radical (unpaired) electrons. The Hall–Kier alpha value is -1.43. The van der Waals surface area contributed by atoms with E-state index in [0.717, 1.165) is 26.2 Å². The molecule has 2 saturated heterocycles. The molecule has 0 unspecified atom stereocenters. The molecule has 1 aromatic rings. The van der Waals surface area contributed by atoms with Crippen molar-refractivity contribution >= 4 is 5.91 Å². The number of hydrogen-bond acceptors (Lipinski definition) is 4. The van der Waals surface area contributed by atoms with Crippen molar-refractivity contribution in [3.63, 3.8) is 0 Å². The Morgan fingerprint density at radius 1 is 1.04 bits per heavy atom. The summed E-state index contributed by atoms with van der Waals surface area (Å²) in [5, 5.41) is 3.16. The summed E-state index contributed by atoms with van der Waals surface area (Å²) in [6.07, 6.45) is 7.24. The fraction of sp³-hybridized carbons (Fsp3) is 0.682. The molecule has 1 N–H and O–H groups in total. The number of likely N-dealkylation sites (tertiary alicyclic amines) is 1. The van der Waals surface area contributed by atoms with Crippen LogP contribution in [0.4, 0.5) is 0 Å². The standard InChI is InChI=1S/C22H33N3O2/c26-22(23-12-15-24-13-6-7-14-24)21-20(18-8-2-1-3-9-18)25(16-17-27-21)19-10-4-5-11-19/h1-3,8-9,19-21H,4-7,10-17H2,(H,23,26)/t20-,21+/m0/s1. The summed E-state index contributed by atoms with van der Waals surface area (Å²) in [5.74, 6) is 0.0470. The molecule has 1 amide bonds. The Morgan fingerprint density at radius 3 is 2.52 bits per heavy atom. The second kappa shape index (κ2) is 9.18. The van der Waals surface area contributed by atoms with Gasteiger partial charge in [0, 0.05) is 25.7 Å². The van der Waals surface area contributed by atoms with E-state index in [2.05, 4.69) is 39.4 Å². The molecule has 3 fully saturated rings. The molecular weight excluding hydrogens is 338 g/mol. The van der Waals surface area contributed by atoms with Gasteiger partial charge >= 0.3 is 0 Å². The molecule has 1 aromatic carbocycles. The lowest BCUT2D eigenvalue weighted by Crippen LogP contribution is -2.54. The largest absolute Gasteiger partial charge is 0.365 e. The van der Waals surface area contributed by atoms with E-state index in [-0.39, 0.29) is 11.9 Å². The predicted octanol–water partition coefficient (Wildman–Crippen LogP) is 2.58. The Labute approximate surface area is 163 Å². The fourth-order valence-corrected chi connectivity index (χ4v) is 5.01. The molecule has 5 heteroatoms. The Balaban J connectivity index is 1.45. The van der Waals surface area contributed by atoms with Gasteiger partial charge in [0.1, 0.15) is 0 Å². The summed E-state index contributed by atoms with van der Waals surface area (Å²) >= 11 is 0. The van der Waals surface area contributed by atoms with Crippen LogP contribution in [0.5, 0.6) is 0 Å². The van der Waals surface area contributed by atoms with E-state index in [0.29, 0.717) is 19.2 Å². The fourth-order valence-electron chi connectivity index (χ4n) is 5.01. The highest BCUT2D eigenvalue weighted by molar-refractivity contribution is 5.82. The van der Waals surface area contributed by atoms with Crippen LogP contribution in [0.25, 0.3) is 0 Å². The molecule has 1 saturated carbocycles. The van der Waals surface area contributed by atoms with E-state index in [1.165, 1.54) is 44.1 Å². The van der Waals surface area contributed by atoms with Crippen molar-refractivity contribution in [3.8, 4) is 0 Å². The number of carbonyl (C=O) groups excluding carboxylic acids is 1. The van der Waals surface area contributed by atoms with Crippen molar-refractivity contribution in [2.45, 2.75) is 56.7 Å². The predicted molar refractivity (Wildman–Crippen MR) is 107 cm³/mol. The topological polar surface area (TPSA) is 44.8 Å². The quantitative estimate of drug-likeness (QED) is 0.835. The number of nitrogens with one attached hydrogen (secondary N) is 1. The minimum absolute atomic E-state index is 0.0230. The summed E-state index contributed by atoms with van der Waals surface area (Å²) in [5.41, 5.74) is 1.20. The number of nitrogens with zero attached hydrogens (tertiary/aromatic N) is 2. The molecule has 1 aliphatic carbocycles. The first-order valence-corrected chi connectivity index (χ1v) is 10.8. The van der Waals surface area contributed by atoms with Crippen molar-refractivity contribution in [1.29, 1.82) is 0 Å². The zero-order valence-corrected chi connectivity index (χ0v) is 16.3. The molecule has 2 heterocycles. The van der Waals surface area contributed by atoms with Crippen LogP contribution in [0, 0.1) is 0 Å². The first-order valence-electron chi connectivity index (χ1n) is 10.8. The third-order valence-corrected chi connectivity index (χ3v) is 6.41. The molecular formula is C22H33N3O2. The highest BCUT2D eigenvalue weighted by Crippen LogP contribution is 2.36. The second-order valence-corrected chi connectivity index (χ2v) is 8.16. The van der Waals surface area contributed by atoms with Crippen LogP contribution in [-0.4, -0.2) is 67.2 Å². The van der Waals surface area contributed by atoms with Crippen molar-refractivity contribution in [2.75, 3.05) is 39.3 Å². The molecule has 0 aromatic heterocycles. The number of hydrogen-bond donors (Lipinski definition) is 1. The molecule has 2 aliphatic heterocycles. The summed E-state index contributed by atoms with van der Waals surface area (Å²) in [7, 11) is 0. The summed E-state index contributed by atoms with van der Waals surface area (Å²) in [6, 6.07) is 11.1. The second-order valence-electron chi connectivity index (χ2n) is 8.16. The number of benzene rings is 1. The smallest absolute Gasteiger partial charge is 0.251 e. The van der Waals surface area contributed by atoms with Crippen LogP contribution in [-0.2, 0) is 9.53 Å². The van der Waals surface area contributed by atoms with Gasteiger partial charge in [-0.1, -0.05) is 43.2 Å². The first-order chi connectivity index (χ1) is 13.3. The van der Waals surface area contributed by atoms with E-state index in [9.17, 15) is 4.79 Å². The maximum absolute atomic E-state index is 13.0. The van der Waals surface area contributed by atoms with E-state index < -0.39 is 6.10 Å². The Morgan fingerprint density at radius 2 is 1.78 bits per heavy atom. The highest BCUT2D eigenvalue weighted by atomic mass is 16.5. The average Bonchev–Trinajstić information content (AvgIpc) is 3.42. The van der Waals surface area contributed by atoms with Crippen molar-refractivity contribution < 1.29 is 9.53 Å². The van der Waals surface area contributed by atoms with Gasteiger partial charge in [-0.3, -0.25) is 9.69 Å². The van der Waals surface area contributed by atoms with E-state index in [4.69, 9.17) is 4.74 Å². The molecule has 3 aliphatic rings. The molecule has 148 valence electrons. The van der Waals surface area contributed by atoms with Gasteiger partial charge in [-0.05, 0) is 44.3 Å².